The van der Waals surface area contributed by atoms with Crippen molar-refractivity contribution < 1.29 is 4.74 Å². The van der Waals surface area contributed by atoms with Gasteiger partial charge in [-0.05, 0) is 47.9 Å². The van der Waals surface area contributed by atoms with Crippen LogP contribution in [0, 0.1) is 11.3 Å². The van der Waals surface area contributed by atoms with Crippen LogP contribution in [0.25, 0.3) is 0 Å². The third-order valence-corrected chi connectivity index (χ3v) is 4.26. The average Bonchev–Trinajstić information content (AvgIpc) is 2.87. The highest BCUT2D eigenvalue weighted by Gasteiger charge is 2.27. The first-order valence-electron chi connectivity index (χ1n) is 8.20. The molecule has 1 heterocycles. The minimum Gasteiger partial charge on any atom is -0.493 e. The molecule has 0 spiro atoms. The van der Waals surface area contributed by atoms with Crippen molar-refractivity contribution in [3.63, 3.8) is 0 Å². The lowest BCUT2D eigenvalue weighted by molar-refractivity contribution is 0.259. The zero-order valence-corrected chi connectivity index (χ0v) is 15.6. The van der Waals surface area contributed by atoms with E-state index in [9.17, 15) is 0 Å². The lowest BCUT2D eigenvalue weighted by atomic mass is 9.72. The predicted molar refractivity (Wildman–Crippen MR) is 97.3 cm³/mol. The van der Waals surface area contributed by atoms with Gasteiger partial charge in [-0.1, -0.05) is 46.8 Å². The van der Waals surface area contributed by atoms with Gasteiger partial charge in [-0.25, -0.2) is 0 Å². The second-order valence-electron chi connectivity index (χ2n) is 8.32. The summed E-state index contributed by atoms with van der Waals surface area (Å²) < 4.78 is 5.92. The summed E-state index contributed by atoms with van der Waals surface area (Å²) in [6.45, 7) is 14.6. The molecule has 0 saturated carbocycles. The Kier molecular flexibility index (Phi) is 6.76. The van der Waals surface area contributed by atoms with E-state index in [-0.39, 0.29) is 17.8 Å². The van der Waals surface area contributed by atoms with Crippen LogP contribution in [0.3, 0.4) is 0 Å². The van der Waals surface area contributed by atoms with Gasteiger partial charge >= 0.3 is 0 Å². The van der Waals surface area contributed by atoms with E-state index in [4.69, 9.17) is 4.74 Å². The van der Waals surface area contributed by atoms with Crippen LogP contribution in [0.4, 0.5) is 0 Å². The highest BCUT2D eigenvalue weighted by Crippen LogP contribution is 2.36. The SMILES string of the molecule is CC(C)(C)CC(C)(C)c1ccc(OCC2CCNC2)cc1.Cl. The molecule has 0 aromatic heterocycles. The van der Waals surface area contributed by atoms with Gasteiger partial charge in [0.05, 0.1) is 6.61 Å². The van der Waals surface area contributed by atoms with Gasteiger partial charge in [0.2, 0.25) is 0 Å². The monoisotopic (exact) mass is 325 g/mol. The number of hydrogen-bond acceptors (Lipinski definition) is 2. The number of benzene rings is 1. The zero-order valence-electron chi connectivity index (χ0n) is 14.7. The van der Waals surface area contributed by atoms with Crippen LogP contribution >= 0.6 is 12.4 Å². The van der Waals surface area contributed by atoms with E-state index >= 15 is 0 Å². The molecule has 2 rings (SSSR count). The van der Waals surface area contributed by atoms with Gasteiger partial charge in [-0.2, -0.15) is 0 Å². The second kappa shape index (κ2) is 7.70. The van der Waals surface area contributed by atoms with E-state index in [1.54, 1.807) is 0 Å². The van der Waals surface area contributed by atoms with Gasteiger partial charge in [0.1, 0.15) is 5.75 Å². The van der Waals surface area contributed by atoms with Crippen LogP contribution in [-0.4, -0.2) is 19.7 Å². The van der Waals surface area contributed by atoms with Crippen molar-refractivity contribution in [2.75, 3.05) is 19.7 Å². The molecular weight excluding hydrogens is 294 g/mol. The van der Waals surface area contributed by atoms with E-state index in [2.05, 4.69) is 64.2 Å². The minimum atomic E-state index is 0. The Morgan fingerprint density at radius 2 is 1.73 bits per heavy atom. The smallest absolute Gasteiger partial charge is 0.119 e. The molecule has 1 fully saturated rings. The maximum Gasteiger partial charge on any atom is 0.119 e. The van der Waals surface area contributed by atoms with Gasteiger partial charge < -0.3 is 10.1 Å². The summed E-state index contributed by atoms with van der Waals surface area (Å²) in [6, 6.07) is 8.71. The molecule has 0 aliphatic carbocycles. The topological polar surface area (TPSA) is 21.3 Å². The van der Waals surface area contributed by atoms with E-state index in [0.717, 1.165) is 25.4 Å². The number of rotatable bonds is 5. The zero-order chi connectivity index (χ0) is 15.5. The maximum atomic E-state index is 5.92. The van der Waals surface area contributed by atoms with Gasteiger partial charge in [0.15, 0.2) is 0 Å². The van der Waals surface area contributed by atoms with Crippen molar-refractivity contribution in [3.8, 4) is 5.75 Å². The third-order valence-electron chi connectivity index (χ3n) is 4.26. The van der Waals surface area contributed by atoms with Crippen LogP contribution in [0.1, 0.15) is 53.0 Å². The van der Waals surface area contributed by atoms with Crippen molar-refractivity contribution in [1.29, 1.82) is 0 Å². The van der Waals surface area contributed by atoms with Crippen LogP contribution in [0.5, 0.6) is 5.75 Å². The number of halogens is 1. The van der Waals surface area contributed by atoms with Crippen LogP contribution in [0.2, 0.25) is 0 Å². The molecule has 1 atom stereocenters. The Balaban J connectivity index is 0.00000242. The molecule has 0 bridgehead atoms. The van der Waals surface area contributed by atoms with Crippen LogP contribution in [-0.2, 0) is 5.41 Å². The molecule has 1 N–H and O–H groups in total. The molecule has 126 valence electrons. The fourth-order valence-corrected chi connectivity index (χ4v) is 3.50. The van der Waals surface area contributed by atoms with Crippen molar-refractivity contribution in [1.82, 2.24) is 5.32 Å². The Hall–Kier alpha value is -0.730. The first-order chi connectivity index (χ1) is 9.76. The Morgan fingerprint density at radius 3 is 2.23 bits per heavy atom. The molecule has 0 radical (unpaired) electrons. The quantitative estimate of drug-likeness (QED) is 0.838. The van der Waals surface area contributed by atoms with E-state index in [0.29, 0.717) is 11.3 Å². The Labute approximate surface area is 142 Å². The molecule has 1 saturated heterocycles. The molecule has 1 aromatic carbocycles. The molecule has 1 aromatic rings. The average molecular weight is 326 g/mol. The number of nitrogens with one attached hydrogen (secondary N) is 1. The number of hydrogen-bond donors (Lipinski definition) is 1. The number of ether oxygens (including phenoxy) is 1. The lowest BCUT2D eigenvalue weighted by Crippen LogP contribution is -2.24. The second-order valence-corrected chi connectivity index (χ2v) is 8.32. The van der Waals surface area contributed by atoms with Crippen LogP contribution < -0.4 is 10.1 Å². The third kappa shape index (κ3) is 5.81. The molecule has 1 unspecified atom stereocenters. The summed E-state index contributed by atoms with van der Waals surface area (Å²) in [5.41, 5.74) is 1.94. The maximum absolute atomic E-state index is 5.92. The van der Waals surface area contributed by atoms with Gasteiger partial charge in [0.25, 0.3) is 0 Å². The highest BCUT2D eigenvalue weighted by atomic mass is 35.5. The molecule has 1 aliphatic rings. The van der Waals surface area contributed by atoms with Gasteiger partial charge in [-0.3, -0.25) is 0 Å². The minimum absolute atomic E-state index is 0. The summed E-state index contributed by atoms with van der Waals surface area (Å²) >= 11 is 0. The van der Waals surface area contributed by atoms with Crippen molar-refractivity contribution in [2.24, 2.45) is 11.3 Å². The Morgan fingerprint density at radius 1 is 1.09 bits per heavy atom. The molecule has 22 heavy (non-hydrogen) atoms. The molecule has 1 aliphatic heterocycles. The lowest BCUT2D eigenvalue weighted by Gasteiger charge is -2.33. The fourth-order valence-electron chi connectivity index (χ4n) is 3.50. The molecular formula is C19H32ClNO. The normalized spacial score (nSPS) is 18.9. The van der Waals surface area contributed by atoms with Crippen molar-refractivity contribution in [3.05, 3.63) is 29.8 Å². The first kappa shape index (κ1) is 19.3. The highest BCUT2D eigenvalue weighted by molar-refractivity contribution is 5.85. The summed E-state index contributed by atoms with van der Waals surface area (Å²) in [5.74, 6) is 1.67. The molecule has 2 nitrogen and oxygen atoms in total. The van der Waals surface area contributed by atoms with Gasteiger partial charge in [-0.15, -0.1) is 12.4 Å². The van der Waals surface area contributed by atoms with E-state index < -0.39 is 0 Å². The van der Waals surface area contributed by atoms with Crippen molar-refractivity contribution in [2.45, 2.75) is 52.9 Å². The van der Waals surface area contributed by atoms with E-state index in [1.807, 2.05) is 0 Å². The van der Waals surface area contributed by atoms with Gasteiger partial charge in [0, 0.05) is 12.5 Å². The van der Waals surface area contributed by atoms with Crippen LogP contribution in [0.15, 0.2) is 24.3 Å². The standard InChI is InChI=1S/C19H31NO.ClH/c1-18(2,3)14-19(4,5)16-6-8-17(9-7-16)21-13-15-10-11-20-12-15;/h6-9,15,20H,10-14H2,1-5H3;1H. The first-order valence-corrected chi connectivity index (χ1v) is 8.20. The van der Waals surface area contributed by atoms with Crippen molar-refractivity contribution >= 4 is 12.4 Å². The van der Waals surface area contributed by atoms with E-state index in [1.165, 1.54) is 18.4 Å². The predicted octanol–water partition coefficient (Wildman–Crippen LogP) is 4.81. The summed E-state index contributed by atoms with van der Waals surface area (Å²) in [5, 5.41) is 3.38. The summed E-state index contributed by atoms with van der Waals surface area (Å²) in [7, 11) is 0. The summed E-state index contributed by atoms with van der Waals surface area (Å²) in [4.78, 5) is 0. The summed E-state index contributed by atoms with van der Waals surface area (Å²) in [6.07, 6.45) is 2.41. The molecule has 0 amide bonds. The largest absolute Gasteiger partial charge is 0.493 e. The fraction of sp³-hybridized carbons (Fsp3) is 0.684. The Bertz CT molecular complexity index is 441. The molecule has 3 heteroatoms.